The van der Waals surface area contributed by atoms with Crippen molar-refractivity contribution in [3.63, 3.8) is 0 Å². The van der Waals surface area contributed by atoms with Gasteiger partial charge in [0.2, 0.25) is 0 Å². The van der Waals surface area contributed by atoms with E-state index in [4.69, 9.17) is 0 Å². The van der Waals surface area contributed by atoms with Crippen LogP contribution in [0.3, 0.4) is 0 Å². The number of hydrogen-bond donors (Lipinski definition) is 0. The van der Waals surface area contributed by atoms with Crippen LogP contribution in [0.25, 0.3) is 0 Å². The zero-order chi connectivity index (χ0) is 13.3. The third-order valence-corrected chi connectivity index (χ3v) is 5.28. The quantitative estimate of drug-likeness (QED) is 0.831. The van der Waals surface area contributed by atoms with Gasteiger partial charge >= 0.3 is 0 Å². The molecule has 1 aromatic rings. The number of carbonyl (C=O) groups excluding carboxylic acids is 1. The molecule has 0 bridgehead atoms. The van der Waals surface area contributed by atoms with E-state index in [9.17, 15) is 22.0 Å². The van der Waals surface area contributed by atoms with E-state index in [-0.39, 0.29) is 12.2 Å². The first-order valence-corrected chi connectivity index (χ1v) is 7.16. The molecule has 0 spiro atoms. The molecule has 0 aliphatic heterocycles. The smallest absolute Gasteiger partial charge is 0.184 e. The summed E-state index contributed by atoms with van der Waals surface area (Å²) in [6, 6.07) is 2.32. The summed E-state index contributed by atoms with van der Waals surface area (Å²) in [6.45, 7) is 0. The molecule has 1 saturated carbocycles. The fourth-order valence-electron chi connectivity index (χ4n) is 2.12. The molecule has 0 radical (unpaired) electrons. The topological polar surface area (TPSA) is 51.2 Å². The molecule has 0 heterocycles. The monoisotopic (exact) mass is 274 g/mol. The lowest BCUT2D eigenvalue weighted by molar-refractivity contribution is -0.120. The van der Waals surface area contributed by atoms with Crippen LogP contribution in [-0.2, 0) is 14.6 Å². The zero-order valence-corrected chi connectivity index (χ0v) is 10.3. The summed E-state index contributed by atoms with van der Waals surface area (Å²) in [5.74, 6) is -1.93. The highest BCUT2D eigenvalue weighted by Crippen LogP contribution is 2.28. The number of ketones is 1. The Balaban J connectivity index is 2.41. The fourth-order valence-corrected chi connectivity index (χ4v) is 3.98. The van der Waals surface area contributed by atoms with Crippen LogP contribution in [0.1, 0.15) is 25.7 Å². The molecule has 0 aromatic heterocycles. The first kappa shape index (κ1) is 13.1. The van der Waals surface area contributed by atoms with Crippen molar-refractivity contribution in [3.8, 4) is 0 Å². The predicted octanol–water partition coefficient (Wildman–Crippen LogP) is 2.25. The van der Waals surface area contributed by atoms with E-state index < -0.39 is 31.6 Å². The largest absolute Gasteiger partial charge is 0.300 e. The third-order valence-electron chi connectivity index (χ3n) is 3.08. The first-order valence-electron chi connectivity index (χ1n) is 5.62. The molecule has 6 heteroatoms. The lowest BCUT2D eigenvalue weighted by Crippen LogP contribution is -2.29. The fraction of sp³-hybridized carbons (Fsp3) is 0.417. The number of halogens is 2. The Morgan fingerprint density at radius 1 is 1.22 bits per heavy atom. The number of rotatable bonds is 2. The first-order chi connectivity index (χ1) is 8.41. The Kier molecular flexibility index (Phi) is 3.47. The zero-order valence-electron chi connectivity index (χ0n) is 9.53. The standard InChI is InChI=1S/C12H12F2O3S/c13-8-4-5-11(14)12(6-8)18(16,17)10-3-1-2-9(15)7-10/h4-6,10H,1-3,7H2. The van der Waals surface area contributed by atoms with E-state index in [1.54, 1.807) is 0 Å². The van der Waals surface area contributed by atoms with Gasteiger partial charge in [0.15, 0.2) is 9.84 Å². The molecule has 3 nitrogen and oxygen atoms in total. The molecule has 2 rings (SSSR count). The van der Waals surface area contributed by atoms with Gasteiger partial charge in [-0.05, 0) is 31.0 Å². The Morgan fingerprint density at radius 3 is 2.61 bits per heavy atom. The number of Topliss-reactive ketones (excluding diaryl/α,β-unsaturated/α-hetero) is 1. The van der Waals surface area contributed by atoms with Crippen LogP contribution in [0.5, 0.6) is 0 Å². The van der Waals surface area contributed by atoms with Crippen LogP contribution in [0.2, 0.25) is 0 Å². The molecule has 1 fully saturated rings. The number of carbonyl (C=O) groups is 1. The van der Waals surface area contributed by atoms with Crippen LogP contribution in [0.4, 0.5) is 8.78 Å². The molecular weight excluding hydrogens is 262 g/mol. The Morgan fingerprint density at radius 2 is 1.94 bits per heavy atom. The van der Waals surface area contributed by atoms with Crippen LogP contribution in [-0.4, -0.2) is 19.5 Å². The van der Waals surface area contributed by atoms with E-state index in [0.717, 1.165) is 12.1 Å². The number of hydrogen-bond acceptors (Lipinski definition) is 3. The van der Waals surface area contributed by atoms with Gasteiger partial charge in [0.25, 0.3) is 0 Å². The van der Waals surface area contributed by atoms with E-state index in [1.165, 1.54) is 0 Å². The molecule has 0 N–H and O–H groups in total. The van der Waals surface area contributed by atoms with Crippen LogP contribution >= 0.6 is 0 Å². The van der Waals surface area contributed by atoms with E-state index >= 15 is 0 Å². The van der Waals surface area contributed by atoms with Crippen LogP contribution < -0.4 is 0 Å². The maximum Gasteiger partial charge on any atom is 0.184 e. The summed E-state index contributed by atoms with van der Waals surface area (Å²) in [5.41, 5.74) is 0. The van der Waals surface area contributed by atoms with Gasteiger partial charge in [0, 0.05) is 12.8 Å². The Labute approximate surface area is 104 Å². The molecule has 0 amide bonds. The minimum atomic E-state index is -3.98. The van der Waals surface area contributed by atoms with E-state index in [0.29, 0.717) is 25.3 Å². The average molecular weight is 274 g/mol. The number of sulfone groups is 1. The molecule has 1 aromatic carbocycles. The summed E-state index contributed by atoms with van der Waals surface area (Å²) in [5, 5.41) is -0.935. The van der Waals surface area contributed by atoms with Crippen molar-refractivity contribution in [1.82, 2.24) is 0 Å². The van der Waals surface area contributed by atoms with E-state index in [1.807, 2.05) is 0 Å². The van der Waals surface area contributed by atoms with Gasteiger partial charge in [-0.25, -0.2) is 17.2 Å². The van der Waals surface area contributed by atoms with Gasteiger partial charge in [0.1, 0.15) is 22.3 Å². The van der Waals surface area contributed by atoms with Gasteiger partial charge in [0.05, 0.1) is 5.25 Å². The van der Waals surface area contributed by atoms with Gasteiger partial charge in [-0.1, -0.05) is 0 Å². The molecule has 1 atom stereocenters. The SMILES string of the molecule is O=C1CCCC(S(=O)(=O)c2cc(F)ccc2F)C1. The summed E-state index contributed by atoms with van der Waals surface area (Å²) in [6.07, 6.45) is 1.03. The highest BCUT2D eigenvalue weighted by molar-refractivity contribution is 7.92. The normalized spacial score (nSPS) is 21.0. The van der Waals surface area contributed by atoms with Gasteiger partial charge in [-0.2, -0.15) is 0 Å². The summed E-state index contributed by atoms with van der Waals surface area (Å²) in [4.78, 5) is 10.6. The summed E-state index contributed by atoms with van der Waals surface area (Å²) < 4.78 is 50.8. The van der Waals surface area contributed by atoms with Crippen LogP contribution in [0, 0.1) is 11.6 Å². The van der Waals surface area contributed by atoms with Crippen molar-refractivity contribution >= 4 is 15.6 Å². The van der Waals surface area contributed by atoms with Crippen molar-refractivity contribution in [2.75, 3.05) is 0 Å². The lowest BCUT2D eigenvalue weighted by Gasteiger charge is -2.21. The molecule has 18 heavy (non-hydrogen) atoms. The molecule has 1 aliphatic carbocycles. The molecular formula is C12H12F2O3S. The Bertz CT molecular complexity index is 581. The van der Waals surface area contributed by atoms with E-state index in [2.05, 4.69) is 0 Å². The molecule has 1 unspecified atom stereocenters. The van der Waals surface area contributed by atoms with Crippen molar-refractivity contribution < 1.29 is 22.0 Å². The van der Waals surface area contributed by atoms with Gasteiger partial charge in [-0.15, -0.1) is 0 Å². The highest BCUT2D eigenvalue weighted by atomic mass is 32.2. The van der Waals surface area contributed by atoms with Gasteiger partial charge < -0.3 is 0 Å². The summed E-state index contributed by atoms with van der Waals surface area (Å²) in [7, 11) is -3.98. The summed E-state index contributed by atoms with van der Waals surface area (Å²) >= 11 is 0. The van der Waals surface area contributed by atoms with Crippen molar-refractivity contribution in [1.29, 1.82) is 0 Å². The van der Waals surface area contributed by atoms with Crippen molar-refractivity contribution in [2.45, 2.75) is 35.8 Å². The van der Waals surface area contributed by atoms with Crippen LogP contribution in [0.15, 0.2) is 23.1 Å². The third kappa shape index (κ3) is 2.43. The van der Waals surface area contributed by atoms with Crippen molar-refractivity contribution in [3.05, 3.63) is 29.8 Å². The van der Waals surface area contributed by atoms with Gasteiger partial charge in [-0.3, -0.25) is 4.79 Å². The molecule has 98 valence electrons. The van der Waals surface area contributed by atoms with Crippen molar-refractivity contribution in [2.24, 2.45) is 0 Å². The second-order valence-corrected chi connectivity index (χ2v) is 6.57. The minimum Gasteiger partial charge on any atom is -0.300 e. The predicted molar refractivity (Wildman–Crippen MR) is 60.8 cm³/mol. The average Bonchev–Trinajstić information content (AvgIpc) is 2.32. The highest BCUT2D eigenvalue weighted by Gasteiger charge is 2.34. The maximum absolute atomic E-state index is 13.5. The lowest BCUT2D eigenvalue weighted by atomic mass is 9.99. The second-order valence-electron chi connectivity index (χ2n) is 4.38. The Hall–Kier alpha value is -1.30. The minimum absolute atomic E-state index is 0.113. The maximum atomic E-state index is 13.5. The molecule has 1 aliphatic rings. The second kappa shape index (κ2) is 4.76. The number of benzene rings is 1. The molecule has 0 saturated heterocycles.